The lowest BCUT2D eigenvalue weighted by atomic mass is 10.2. The number of aliphatic hydroxyl groups is 1. The number of aliphatic carboxylic acids is 1. The molecule has 2 rings (SSSR count). The topological polar surface area (TPSA) is 83.6 Å². The number of aliphatic hydroxyl groups excluding tert-OH is 1. The Morgan fingerprint density at radius 2 is 2.31 bits per heavy atom. The van der Waals surface area contributed by atoms with E-state index in [4.69, 9.17) is 21.1 Å². The van der Waals surface area contributed by atoms with Crippen LogP contribution < -0.4 is 0 Å². The molecule has 0 spiro atoms. The Hall–Kier alpha value is -1.59. The van der Waals surface area contributed by atoms with E-state index in [9.17, 15) is 9.90 Å². The van der Waals surface area contributed by atoms with Gasteiger partial charge in [0.15, 0.2) is 5.58 Å². The van der Waals surface area contributed by atoms with E-state index in [1.807, 2.05) is 0 Å². The van der Waals surface area contributed by atoms with Crippen molar-refractivity contribution in [3.05, 3.63) is 29.7 Å². The zero-order valence-electron chi connectivity index (χ0n) is 8.05. The first-order chi connectivity index (χ1) is 7.63. The molecule has 16 heavy (non-hydrogen) atoms. The van der Waals surface area contributed by atoms with Gasteiger partial charge in [-0.25, -0.2) is 9.78 Å². The molecule has 0 aliphatic rings. The van der Waals surface area contributed by atoms with Crippen LogP contribution in [0.25, 0.3) is 11.1 Å². The molecular formula is C10H8ClNO4. The molecule has 0 saturated heterocycles. The van der Waals surface area contributed by atoms with Crippen molar-refractivity contribution in [3.8, 4) is 0 Å². The van der Waals surface area contributed by atoms with Crippen LogP contribution in [-0.2, 0) is 10.7 Å². The van der Waals surface area contributed by atoms with E-state index in [0.717, 1.165) is 5.56 Å². The highest BCUT2D eigenvalue weighted by molar-refractivity contribution is 6.17. The van der Waals surface area contributed by atoms with Crippen molar-refractivity contribution in [3.63, 3.8) is 0 Å². The Kier molecular flexibility index (Phi) is 2.80. The number of hydrogen-bond acceptors (Lipinski definition) is 4. The smallest absolute Gasteiger partial charge is 0.342 e. The third-order valence-electron chi connectivity index (χ3n) is 2.13. The Labute approximate surface area is 95.3 Å². The molecule has 2 N–H and O–H groups in total. The molecule has 0 aliphatic heterocycles. The number of aromatic nitrogens is 1. The van der Waals surface area contributed by atoms with Gasteiger partial charge < -0.3 is 14.6 Å². The minimum Gasteiger partial charge on any atom is -0.479 e. The van der Waals surface area contributed by atoms with Gasteiger partial charge in [0.25, 0.3) is 0 Å². The zero-order chi connectivity index (χ0) is 11.7. The Balaban J connectivity index is 2.55. The van der Waals surface area contributed by atoms with Gasteiger partial charge in [0.1, 0.15) is 5.52 Å². The summed E-state index contributed by atoms with van der Waals surface area (Å²) in [7, 11) is 0. The van der Waals surface area contributed by atoms with Crippen LogP contribution in [0.4, 0.5) is 0 Å². The fourth-order valence-corrected chi connectivity index (χ4v) is 1.57. The maximum atomic E-state index is 10.6. The molecule has 0 radical (unpaired) electrons. The van der Waals surface area contributed by atoms with Crippen LogP contribution in [0.2, 0.25) is 0 Å². The highest BCUT2D eigenvalue weighted by atomic mass is 35.5. The van der Waals surface area contributed by atoms with Crippen molar-refractivity contribution in [2.75, 3.05) is 0 Å². The minimum absolute atomic E-state index is 0.236. The molecule has 1 atom stereocenters. The molecule has 5 nitrogen and oxygen atoms in total. The number of para-hydroxylation sites is 1. The zero-order valence-corrected chi connectivity index (χ0v) is 8.81. The number of oxazole rings is 1. The van der Waals surface area contributed by atoms with Crippen LogP contribution in [0.1, 0.15) is 17.6 Å². The summed E-state index contributed by atoms with van der Waals surface area (Å²) in [4.78, 5) is 14.5. The first kappa shape index (κ1) is 10.9. The van der Waals surface area contributed by atoms with E-state index in [-0.39, 0.29) is 11.8 Å². The highest BCUT2D eigenvalue weighted by Crippen LogP contribution is 2.24. The van der Waals surface area contributed by atoms with Crippen LogP contribution in [0.5, 0.6) is 0 Å². The third-order valence-corrected chi connectivity index (χ3v) is 2.42. The Morgan fingerprint density at radius 3 is 2.94 bits per heavy atom. The summed E-state index contributed by atoms with van der Waals surface area (Å²) in [5.41, 5.74) is 1.62. The Morgan fingerprint density at radius 1 is 1.56 bits per heavy atom. The van der Waals surface area contributed by atoms with Gasteiger partial charge in [-0.15, -0.1) is 11.6 Å². The normalized spacial score (nSPS) is 12.9. The van der Waals surface area contributed by atoms with Crippen molar-refractivity contribution >= 4 is 28.7 Å². The summed E-state index contributed by atoms with van der Waals surface area (Å²) in [6.07, 6.45) is -1.75. The molecule has 1 aromatic heterocycles. The second kappa shape index (κ2) is 4.11. The van der Waals surface area contributed by atoms with Gasteiger partial charge in [-0.3, -0.25) is 0 Å². The van der Waals surface area contributed by atoms with Crippen LogP contribution in [-0.4, -0.2) is 21.2 Å². The van der Waals surface area contributed by atoms with E-state index in [2.05, 4.69) is 4.98 Å². The Bertz CT molecular complexity index is 537. The van der Waals surface area contributed by atoms with Crippen molar-refractivity contribution in [1.29, 1.82) is 0 Å². The number of halogens is 1. The molecule has 0 fully saturated rings. The lowest BCUT2D eigenvalue weighted by molar-refractivity contribution is -0.148. The molecule has 0 aliphatic carbocycles. The maximum absolute atomic E-state index is 10.6. The number of fused-ring (bicyclic) bond motifs is 1. The van der Waals surface area contributed by atoms with Gasteiger partial charge in [0.05, 0.1) is 0 Å². The summed E-state index contributed by atoms with van der Waals surface area (Å²) in [5, 5.41) is 17.9. The quantitative estimate of drug-likeness (QED) is 0.799. The number of alkyl halides is 1. The third kappa shape index (κ3) is 1.75. The number of carboxylic acid groups (broad SMARTS) is 1. The van der Waals surface area contributed by atoms with Crippen molar-refractivity contribution in [2.45, 2.75) is 12.0 Å². The summed E-state index contributed by atoms with van der Waals surface area (Å²) in [6, 6.07) is 5.12. The second-order valence-electron chi connectivity index (χ2n) is 3.19. The maximum Gasteiger partial charge on any atom is 0.342 e. The van der Waals surface area contributed by atoms with Gasteiger partial charge in [-0.2, -0.15) is 0 Å². The molecule has 84 valence electrons. The number of benzene rings is 1. The van der Waals surface area contributed by atoms with E-state index >= 15 is 0 Å². The van der Waals surface area contributed by atoms with E-state index in [1.54, 1.807) is 18.2 Å². The SMILES string of the molecule is O=C(O)C(O)c1nc2c(CCl)cccc2o1. The van der Waals surface area contributed by atoms with Gasteiger partial charge >= 0.3 is 5.97 Å². The van der Waals surface area contributed by atoms with Crippen molar-refractivity contribution in [2.24, 2.45) is 0 Å². The van der Waals surface area contributed by atoms with Gasteiger partial charge in [0.2, 0.25) is 12.0 Å². The monoisotopic (exact) mass is 241 g/mol. The van der Waals surface area contributed by atoms with Crippen molar-refractivity contribution in [1.82, 2.24) is 4.98 Å². The summed E-state index contributed by atoms with van der Waals surface area (Å²) in [5.74, 6) is -1.40. The first-order valence-corrected chi connectivity index (χ1v) is 5.02. The van der Waals surface area contributed by atoms with Gasteiger partial charge in [0, 0.05) is 5.88 Å². The molecule has 1 aromatic carbocycles. The summed E-state index contributed by atoms with van der Waals surface area (Å²) < 4.78 is 5.13. The lowest BCUT2D eigenvalue weighted by Crippen LogP contribution is -2.10. The summed E-state index contributed by atoms with van der Waals surface area (Å²) in [6.45, 7) is 0. The number of carbonyl (C=O) groups is 1. The van der Waals surface area contributed by atoms with E-state index < -0.39 is 12.1 Å². The molecule has 6 heteroatoms. The summed E-state index contributed by atoms with van der Waals surface area (Å²) >= 11 is 5.70. The van der Waals surface area contributed by atoms with E-state index in [1.165, 1.54) is 0 Å². The predicted octanol–water partition coefficient (Wildman–Crippen LogP) is 1.68. The second-order valence-corrected chi connectivity index (χ2v) is 3.46. The van der Waals surface area contributed by atoms with Crippen LogP contribution >= 0.6 is 11.6 Å². The number of rotatable bonds is 3. The molecule has 0 saturated carbocycles. The minimum atomic E-state index is -1.75. The average Bonchev–Trinajstić information content (AvgIpc) is 2.70. The van der Waals surface area contributed by atoms with Gasteiger partial charge in [-0.05, 0) is 11.6 Å². The molecule has 1 heterocycles. The van der Waals surface area contributed by atoms with Gasteiger partial charge in [-0.1, -0.05) is 12.1 Å². The van der Waals surface area contributed by atoms with Crippen LogP contribution in [0.3, 0.4) is 0 Å². The van der Waals surface area contributed by atoms with Crippen LogP contribution in [0, 0.1) is 0 Å². The standard InChI is InChI=1S/C10H8ClNO4/c11-4-5-2-1-3-6-7(5)12-9(16-6)8(13)10(14)15/h1-3,8,13H,4H2,(H,14,15). The molecular weight excluding hydrogens is 234 g/mol. The fraction of sp³-hybridized carbons (Fsp3) is 0.200. The number of nitrogens with zero attached hydrogens (tertiary/aromatic N) is 1. The van der Waals surface area contributed by atoms with Crippen LogP contribution in [0.15, 0.2) is 22.6 Å². The molecule has 0 amide bonds. The first-order valence-electron chi connectivity index (χ1n) is 4.48. The molecule has 0 bridgehead atoms. The predicted molar refractivity (Wildman–Crippen MR) is 56.2 cm³/mol. The number of hydrogen-bond donors (Lipinski definition) is 2. The van der Waals surface area contributed by atoms with Crippen molar-refractivity contribution < 1.29 is 19.4 Å². The fourth-order valence-electron chi connectivity index (χ4n) is 1.35. The molecule has 2 aromatic rings. The molecule has 1 unspecified atom stereocenters. The number of carboxylic acids is 1. The highest BCUT2D eigenvalue weighted by Gasteiger charge is 2.23. The average molecular weight is 242 g/mol. The van der Waals surface area contributed by atoms with E-state index in [0.29, 0.717) is 11.1 Å². The lowest BCUT2D eigenvalue weighted by Gasteiger charge is -1.96. The largest absolute Gasteiger partial charge is 0.479 e.